The van der Waals surface area contributed by atoms with Crippen LogP contribution in [0.5, 0.6) is 5.75 Å². The summed E-state index contributed by atoms with van der Waals surface area (Å²) in [5.41, 5.74) is 9.11. The first kappa shape index (κ1) is 35.1. The number of hydrogen-bond donors (Lipinski definition) is 1. The fourth-order valence-corrected chi connectivity index (χ4v) is 7.60. The Morgan fingerprint density at radius 2 is 1.28 bits per heavy atom. The first-order chi connectivity index (χ1) is 31.3. The quantitative estimate of drug-likeness (QED) is 0.169. The Labute approximate surface area is 386 Å². The van der Waals surface area contributed by atoms with Gasteiger partial charge in [-0.25, -0.2) is 4.98 Å². The van der Waals surface area contributed by atoms with Gasteiger partial charge in [0, 0.05) is 44.2 Å². The van der Waals surface area contributed by atoms with E-state index in [1.807, 2.05) is 48.5 Å². The minimum atomic E-state index is -0.472. The Morgan fingerprint density at radius 3 is 1.95 bits per heavy atom. The molecule has 0 radical (unpaired) electrons. The van der Waals surface area contributed by atoms with Crippen LogP contribution in [0.25, 0.3) is 72.7 Å². The molecule has 0 spiro atoms. The molecule has 0 fully saturated rings. The van der Waals surface area contributed by atoms with Gasteiger partial charge in [-0.15, -0.1) is 29.3 Å². The topological polar surface area (TPSA) is 50.9 Å². The summed E-state index contributed by atoms with van der Waals surface area (Å²) in [5, 5.41) is 12.4. The fraction of sp³-hybridized carbons (Fsp3) is 0.250. The van der Waals surface area contributed by atoms with E-state index in [9.17, 15) is 6.48 Å². The number of imidazole rings is 1. The van der Waals surface area contributed by atoms with Crippen LogP contribution in [0, 0.1) is 19.9 Å². The molecule has 0 aliphatic rings. The second-order valence-electron chi connectivity index (χ2n) is 18.9. The summed E-state index contributed by atoms with van der Waals surface area (Å²) in [6, 6.07) is 32.2. The molecule has 0 saturated heterocycles. The van der Waals surface area contributed by atoms with Crippen LogP contribution in [0.4, 0.5) is 0 Å². The van der Waals surface area contributed by atoms with E-state index in [1.54, 1.807) is 0 Å². The molecule has 312 valence electrons. The van der Waals surface area contributed by atoms with Crippen LogP contribution in [-0.4, -0.2) is 19.6 Å². The molecular weight excluding hydrogens is 926 g/mol. The van der Waals surface area contributed by atoms with Crippen molar-refractivity contribution >= 4 is 11.0 Å². The number of nitrogens with zero attached hydrogens (tertiary/aromatic N) is 3. The molecule has 0 aliphatic carbocycles. The number of fused-ring (bicyclic) bond motifs is 1. The van der Waals surface area contributed by atoms with E-state index in [0.29, 0.717) is 28.0 Å². The summed E-state index contributed by atoms with van der Waals surface area (Å²) in [7, 11) is 0. The van der Waals surface area contributed by atoms with Crippen LogP contribution < -0.4 is 0 Å². The number of aryl methyl sites for hydroxylation is 1. The van der Waals surface area contributed by atoms with Gasteiger partial charge in [0.1, 0.15) is 11.6 Å². The van der Waals surface area contributed by atoms with Gasteiger partial charge in [0.25, 0.3) is 0 Å². The van der Waals surface area contributed by atoms with Gasteiger partial charge in [-0.3, -0.25) is 9.55 Å². The van der Waals surface area contributed by atoms with Crippen molar-refractivity contribution in [1.29, 1.82) is 0 Å². The predicted octanol–water partition coefficient (Wildman–Crippen LogP) is 14.8. The first-order valence-corrected chi connectivity index (χ1v) is 20.5. The summed E-state index contributed by atoms with van der Waals surface area (Å²) in [6.45, 7) is 22.6. The van der Waals surface area contributed by atoms with E-state index in [1.165, 1.54) is 6.92 Å². The average molecular weight is 989 g/mol. The number of benzene rings is 6. The Bertz CT molecular complexity index is 3280. The number of pyridine rings is 1. The van der Waals surface area contributed by atoms with Crippen molar-refractivity contribution in [2.45, 2.75) is 92.4 Å². The molecule has 4 nitrogen and oxygen atoms in total. The van der Waals surface area contributed by atoms with Gasteiger partial charge in [0.05, 0.1) is 26.2 Å². The maximum atomic E-state index is 12.4. The van der Waals surface area contributed by atoms with Crippen molar-refractivity contribution in [3.05, 3.63) is 167 Å². The Kier molecular flexibility index (Phi) is 9.41. The van der Waals surface area contributed by atoms with E-state index >= 15 is 0 Å². The Morgan fingerprint density at radius 1 is 0.607 bits per heavy atom. The number of hydrogen-bond acceptors (Lipinski definition) is 3. The average Bonchev–Trinajstić information content (AvgIpc) is 3.66. The summed E-state index contributed by atoms with van der Waals surface area (Å²) in [5.74, 6) is 0.707. The molecule has 8 rings (SSSR count). The number of phenols is 1. The maximum Gasteiger partial charge on any atom is 0.148 e. The standard InChI is InChI=1S/C56H56N3O.Pt/c1-35-20-22-38(23-21-35)39-24-25-57-49(32-39)42-28-41(29-43(30-42)54(3,4)5)46-18-15-19-50-51(46)58-53(47-33-44(55(6,7)8)34-48(52(47)60)56(9,10)11)59(50)45-27-36(2)26-40(31-45)37-16-13-12-14-17-37;/h12-27,29-34,60H,1-11H3;/q-1;/i20D,21D,22D,23D,24D,25D,32D;. The molecule has 0 amide bonds. The molecule has 8 aromatic rings. The van der Waals surface area contributed by atoms with Crippen molar-refractivity contribution in [2.24, 2.45) is 0 Å². The summed E-state index contributed by atoms with van der Waals surface area (Å²) in [4.78, 5) is 9.98. The molecule has 6 aromatic carbocycles. The molecular formula is C56H56N3OPt-. The van der Waals surface area contributed by atoms with Crippen LogP contribution >= 0.6 is 0 Å². The molecule has 0 saturated carbocycles. The third-order valence-corrected chi connectivity index (χ3v) is 11.0. The minimum absolute atomic E-state index is 0. The number of para-hydroxylation sites is 1. The normalized spacial score (nSPS) is 13.7. The second kappa shape index (κ2) is 16.4. The largest absolute Gasteiger partial charge is 0.507 e. The van der Waals surface area contributed by atoms with Crippen molar-refractivity contribution in [2.75, 3.05) is 0 Å². The van der Waals surface area contributed by atoms with Gasteiger partial charge in [-0.05, 0) is 93.8 Å². The number of phenolic OH excluding ortho intramolecular Hbond substituents is 1. The monoisotopic (exact) mass is 988 g/mol. The molecule has 0 unspecified atom stereocenters. The van der Waals surface area contributed by atoms with E-state index in [4.69, 9.17) is 13.2 Å². The molecule has 1 N–H and O–H groups in total. The van der Waals surface area contributed by atoms with Crippen molar-refractivity contribution in [3.63, 3.8) is 0 Å². The van der Waals surface area contributed by atoms with Crippen LogP contribution in [0.15, 0.2) is 133 Å². The van der Waals surface area contributed by atoms with Crippen LogP contribution in [0.3, 0.4) is 0 Å². The molecule has 0 atom stereocenters. The van der Waals surface area contributed by atoms with Gasteiger partial charge in [-0.1, -0.05) is 164 Å². The SMILES string of the molecule is [2H]c1nc(-c2[c-]c(-c3cccc4c3nc(-c3cc(C(C)(C)C)cc(C(C)(C)C)c3O)n4-c3cc(C)cc(-c4ccccc4)c3)cc(C(C)(C)C)c2)c([2H])c(-c2c([2H])c([2H])c(C)c([2H])c2[2H])c1[2H].[Pt]. The van der Waals surface area contributed by atoms with Gasteiger partial charge in [0.2, 0.25) is 0 Å². The van der Waals surface area contributed by atoms with E-state index in [2.05, 4.69) is 127 Å². The van der Waals surface area contributed by atoms with Crippen molar-refractivity contribution in [3.8, 4) is 67.5 Å². The van der Waals surface area contributed by atoms with Gasteiger partial charge >= 0.3 is 0 Å². The van der Waals surface area contributed by atoms with Crippen molar-refractivity contribution < 1.29 is 35.8 Å². The zero-order valence-electron chi connectivity index (χ0n) is 43.8. The summed E-state index contributed by atoms with van der Waals surface area (Å²) >= 11 is 0. The van der Waals surface area contributed by atoms with Crippen LogP contribution in [0.2, 0.25) is 0 Å². The number of aromatic nitrogens is 3. The smallest absolute Gasteiger partial charge is 0.148 e. The molecule has 0 bridgehead atoms. The Hall–Kier alpha value is -5.57. The van der Waals surface area contributed by atoms with Crippen LogP contribution in [-0.2, 0) is 37.3 Å². The van der Waals surface area contributed by atoms with E-state index in [0.717, 1.165) is 50.1 Å². The van der Waals surface area contributed by atoms with E-state index in [-0.39, 0.29) is 84.8 Å². The first-order valence-electron chi connectivity index (χ1n) is 24.0. The zero-order valence-corrected chi connectivity index (χ0v) is 39.0. The summed E-state index contributed by atoms with van der Waals surface area (Å²) < 4.78 is 64.1. The molecule has 5 heteroatoms. The molecule has 0 aliphatic heterocycles. The van der Waals surface area contributed by atoms with E-state index < -0.39 is 23.0 Å². The molecule has 61 heavy (non-hydrogen) atoms. The molecule has 2 heterocycles. The Balaban J connectivity index is 0.00000684. The predicted molar refractivity (Wildman–Crippen MR) is 252 cm³/mol. The van der Waals surface area contributed by atoms with Crippen molar-refractivity contribution in [1.82, 2.24) is 14.5 Å². The third kappa shape index (κ3) is 8.79. The fourth-order valence-electron chi connectivity index (χ4n) is 7.60. The number of rotatable bonds is 6. The maximum absolute atomic E-state index is 12.4. The van der Waals surface area contributed by atoms with Crippen LogP contribution in [0.1, 0.15) is 99.7 Å². The van der Waals surface area contributed by atoms with Gasteiger partial charge in [-0.2, -0.15) is 0 Å². The molecule has 2 aromatic heterocycles. The van der Waals surface area contributed by atoms with Gasteiger partial charge < -0.3 is 5.11 Å². The van der Waals surface area contributed by atoms with Gasteiger partial charge in [0.15, 0.2) is 0 Å². The zero-order chi connectivity index (χ0) is 48.8. The summed E-state index contributed by atoms with van der Waals surface area (Å²) in [6.07, 6.45) is -0.472. The third-order valence-electron chi connectivity index (χ3n) is 11.0. The minimum Gasteiger partial charge on any atom is -0.507 e. The second-order valence-corrected chi connectivity index (χ2v) is 18.9. The number of aromatic hydroxyl groups is 1.